The summed E-state index contributed by atoms with van der Waals surface area (Å²) in [6, 6.07) is -0.112. The Balaban J connectivity index is 2.64. The summed E-state index contributed by atoms with van der Waals surface area (Å²) in [5, 5.41) is 2.83. The molecule has 1 fully saturated rings. The molecule has 88 valence electrons. The third-order valence-corrected chi connectivity index (χ3v) is 2.63. The molecule has 4 unspecified atom stereocenters. The largest absolute Gasteiger partial charge is 0.379 e. The highest BCUT2D eigenvalue weighted by Crippen LogP contribution is 2.22. The molecular formula is C10H19NO4. The van der Waals surface area contributed by atoms with Gasteiger partial charge in [0.25, 0.3) is 0 Å². The van der Waals surface area contributed by atoms with Crippen molar-refractivity contribution in [3.05, 3.63) is 0 Å². The number of methoxy groups -OCH3 is 2. The van der Waals surface area contributed by atoms with E-state index in [9.17, 15) is 4.79 Å². The molecule has 0 aromatic rings. The monoisotopic (exact) mass is 217 g/mol. The van der Waals surface area contributed by atoms with E-state index in [4.69, 9.17) is 14.2 Å². The smallest absolute Gasteiger partial charge is 0.217 e. The van der Waals surface area contributed by atoms with Gasteiger partial charge in [0.15, 0.2) is 6.29 Å². The van der Waals surface area contributed by atoms with Gasteiger partial charge in [-0.1, -0.05) is 0 Å². The van der Waals surface area contributed by atoms with Crippen LogP contribution in [0.3, 0.4) is 0 Å². The highest BCUT2D eigenvalue weighted by molar-refractivity contribution is 5.73. The molecule has 1 saturated heterocycles. The molecule has 0 spiro atoms. The molecule has 15 heavy (non-hydrogen) atoms. The van der Waals surface area contributed by atoms with Crippen molar-refractivity contribution in [2.45, 2.75) is 44.8 Å². The molecule has 1 rings (SSSR count). The van der Waals surface area contributed by atoms with Crippen LogP contribution in [0.15, 0.2) is 0 Å². The van der Waals surface area contributed by atoms with Crippen molar-refractivity contribution < 1.29 is 19.0 Å². The minimum Gasteiger partial charge on any atom is -0.379 e. The Bertz CT molecular complexity index is 221. The fraction of sp³-hybridized carbons (Fsp3) is 0.900. The van der Waals surface area contributed by atoms with E-state index in [2.05, 4.69) is 5.32 Å². The van der Waals surface area contributed by atoms with Crippen LogP contribution in [-0.2, 0) is 19.0 Å². The summed E-state index contributed by atoms with van der Waals surface area (Å²) in [6.45, 7) is 3.39. The van der Waals surface area contributed by atoms with E-state index in [1.165, 1.54) is 6.92 Å². The van der Waals surface area contributed by atoms with Crippen molar-refractivity contribution in [3.63, 3.8) is 0 Å². The predicted octanol–water partition coefficient (Wildman–Crippen LogP) is 0.287. The van der Waals surface area contributed by atoms with E-state index >= 15 is 0 Å². The molecule has 0 radical (unpaired) electrons. The first kappa shape index (κ1) is 12.4. The number of nitrogens with one attached hydrogen (secondary N) is 1. The molecule has 1 aliphatic rings. The number of ether oxygens (including phenoxy) is 3. The molecule has 0 bridgehead atoms. The Hall–Kier alpha value is -0.650. The maximum atomic E-state index is 11.0. The van der Waals surface area contributed by atoms with Crippen LogP contribution < -0.4 is 5.32 Å². The molecule has 0 aliphatic carbocycles. The first-order chi connectivity index (χ1) is 7.08. The molecule has 4 atom stereocenters. The van der Waals surface area contributed by atoms with Crippen LogP contribution in [0.5, 0.6) is 0 Å². The van der Waals surface area contributed by atoms with E-state index in [1.807, 2.05) is 6.92 Å². The second kappa shape index (κ2) is 5.44. The maximum Gasteiger partial charge on any atom is 0.217 e. The van der Waals surface area contributed by atoms with E-state index in [0.29, 0.717) is 6.42 Å². The topological polar surface area (TPSA) is 56.8 Å². The average Bonchev–Trinajstić information content (AvgIpc) is 2.20. The van der Waals surface area contributed by atoms with Crippen LogP contribution in [0.25, 0.3) is 0 Å². The minimum absolute atomic E-state index is 0.0670. The fourth-order valence-electron chi connectivity index (χ4n) is 1.86. The lowest BCUT2D eigenvalue weighted by molar-refractivity contribution is -0.214. The normalized spacial score (nSPS) is 36.3. The standard InChI is InChI=1S/C10H19NO4/c1-6-10(11-7(2)12)8(13-3)5-9(14-4)15-6/h6,8-10H,5H2,1-4H3,(H,11,12). The fourth-order valence-corrected chi connectivity index (χ4v) is 1.86. The summed E-state index contributed by atoms with van der Waals surface area (Å²) in [5.74, 6) is -0.0756. The second-order valence-corrected chi connectivity index (χ2v) is 3.74. The lowest BCUT2D eigenvalue weighted by atomic mass is 9.99. The molecule has 0 aromatic carbocycles. The van der Waals surface area contributed by atoms with Crippen LogP contribution >= 0.6 is 0 Å². The van der Waals surface area contributed by atoms with Gasteiger partial charge in [-0.05, 0) is 6.92 Å². The SMILES string of the molecule is COC1CC(OC)C(NC(C)=O)C(C)O1. The van der Waals surface area contributed by atoms with Gasteiger partial charge < -0.3 is 19.5 Å². The van der Waals surface area contributed by atoms with Gasteiger partial charge in [-0.15, -0.1) is 0 Å². The molecule has 5 heteroatoms. The van der Waals surface area contributed by atoms with Crippen LogP contribution in [0.4, 0.5) is 0 Å². The van der Waals surface area contributed by atoms with Gasteiger partial charge in [0.2, 0.25) is 5.91 Å². The Morgan fingerprint density at radius 3 is 2.53 bits per heavy atom. The Labute approximate surface area is 90.1 Å². The number of rotatable bonds is 3. The van der Waals surface area contributed by atoms with Crippen molar-refractivity contribution in [2.24, 2.45) is 0 Å². The molecule has 1 heterocycles. The van der Waals surface area contributed by atoms with Crippen LogP contribution in [0.1, 0.15) is 20.3 Å². The number of hydrogen-bond acceptors (Lipinski definition) is 4. The molecule has 0 aromatic heterocycles. The quantitative estimate of drug-likeness (QED) is 0.738. The highest BCUT2D eigenvalue weighted by Gasteiger charge is 2.37. The zero-order valence-electron chi connectivity index (χ0n) is 9.65. The lowest BCUT2D eigenvalue weighted by Crippen LogP contribution is -2.56. The lowest BCUT2D eigenvalue weighted by Gasteiger charge is -2.39. The van der Waals surface area contributed by atoms with Crippen LogP contribution in [-0.4, -0.2) is 44.7 Å². The Morgan fingerprint density at radius 2 is 2.07 bits per heavy atom. The third-order valence-electron chi connectivity index (χ3n) is 2.63. The molecule has 5 nitrogen and oxygen atoms in total. The van der Waals surface area contributed by atoms with Gasteiger partial charge >= 0.3 is 0 Å². The number of carbonyl (C=O) groups excluding carboxylic acids is 1. The van der Waals surface area contributed by atoms with Gasteiger partial charge in [-0.2, -0.15) is 0 Å². The first-order valence-electron chi connectivity index (χ1n) is 5.06. The minimum atomic E-state index is -0.255. The first-order valence-corrected chi connectivity index (χ1v) is 5.06. The summed E-state index contributed by atoms with van der Waals surface area (Å²) in [4.78, 5) is 11.0. The predicted molar refractivity (Wildman–Crippen MR) is 54.4 cm³/mol. The van der Waals surface area contributed by atoms with Gasteiger partial charge in [-0.25, -0.2) is 0 Å². The molecule has 0 saturated carbocycles. The van der Waals surface area contributed by atoms with E-state index in [0.717, 1.165) is 0 Å². The van der Waals surface area contributed by atoms with Crippen molar-refractivity contribution in [1.82, 2.24) is 5.32 Å². The van der Waals surface area contributed by atoms with Crippen molar-refractivity contribution >= 4 is 5.91 Å². The molecule has 1 aliphatic heterocycles. The molecular weight excluding hydrogens is 198 g/mol. The zero-order valence-corrected chi connectivity index (χ0v) is 9.65. The third kappa shape index (κ3) is 3.15. The van der Waals surface area contributed by atoms with Crippen molar-refractivity contribution in [1.29, 1.82) is 0 Å². The highest BCUT2D eigenvalue weighted by atomic mass is 16.7. The summed E-state index contributed by atoms with van der Waals surface area (Å²) in [6.07, 6.45) is 0.192. The van der Waals surface area contributed by atoms with Gasteiger partial charge in [0.1, 0.15) is 0 Å². The van der Waals surface area contributed by atoms with Gasteiger partial charge in [0, 0.05) is 27.6 Å². The van der Waals surface area contributed by atoms with E-state index in [-0.39, 0.29) is 30.4 Å². The zero-order chi connectivity index (χ0) is 11.4. The van der Waals surface area contributed by atoms with Gasteiger partial charge in [0.05, 0.1) is 18.2 Å². The maximum absolute atomic E-state index is 11.0. The van der Waals surface area contributed by atoms with E-state index < -0.39 is 0 Å². The number of carbonyl (C=O) groups is 1. The van der Waals surface area contributed by atoms with Crippen LogP contribution in [0, 0.1) is 0 Å². The second-order valence-electron chi connectivity index (χ2n) is 3.74. The van der Waals surface area contributed by atoms with Crippen molar-refractivity contribution in [3.8, 4) is 0 Å². The summed E-state index contributed by atoms with van der Waals surface area (Å²) >= 11 is 0. The molecule has 1 amide bonds. The summed E-state index contributed by atoms with van der Waals surface area (Å²) in [5.41, 5.74) is 0. The molecule has 1 N–H and O–H groups in total. The Kier molecular flexibility index (Phi) is 4.50. The van der Waals surface area contributed by atoms with Crippen LogP contribution in [0.2, 0.25) is 0 Å². The van der Waals surface area contributed by atoms with Crippen molar-refractivity contribution in [2.75, 3.05) is 14.2 Å². The summed E-state index contributed by atoms with van der Waals surface area (Å²) < 4.78 is 16.0. The number of amides is 1. The Morgan fingerprint density at radius 1 is 1.40 bits per heavy atom. The van der Waals surface area contributed by atoms with Gasteiger partial charge in [-0.3, -0.25) is 4.79 Å². The summed E-state index contributed by atoms with van der Waals surface area (Å²) in [7, 11) is 3.23. The van der Waals surface area contributed by atoms with E-state index in [1.54, 1.807) is 14.2 Å². The number of hydrogen-bond donors (Lipinski definition) is 1. The average molecular weight is 217 g/mol.